The van der Waals surface area contributed by atoms with E-state index in [1.54, 1.807) is 0 Å². The van der Waals surface area contributed by atoms with E-state index < -0.39 is 24.7 Å². The third kappa shape index (κ3) is 2.96. The van der Waals surface area contributed by atoms with Gasteiger partial charge in [0, 0.05) is 18.6 Å². The van der Waals surface area contributed by atoms with Gasteiger partial charge in [-0.1, -0.05) is 30.3 Å². The molecule has 1 aromatic rings. The van der Waals surface area contributed by atoms with Gasteiger partial charge in [0.05, 0.1) is 31.5 Å². The highest BCUT2D eigenvalue weighted by molar-refractivity contribution is 5.16. The molecule has 2 heterocycles. The highest BCUT2D eigenvalue weighted by atomic mass is 16.7. The number of hydrogen-bond donors (Lipinski definition) is 2. The van der Waals surface area contributed by atoms with Gasteiger partial charge in [0.1, 0.15) is 0 Å². The van der Waals surface area contributed by atoms with Crippen molar-refractivity contribution in [2.45, 2.75) is 30.8 Å². The average molecular weight is 295 g/mol. The Labute approximate surface area is 123 Å². The van der Waals surface area contributed by atoms with Gasteiger partial charge in [0.25, 0.3) is 0 Å². The zero-order valence-corrected chi connectivity index (χ0v) is 11.9. The fraction of sp³-hybridized carbons (Fsp3) is 0.600. The maximum atomic E-state index is 10.3. The monoisotopic (exact) mass is 295 g/mol. The van der Waals surface area contributed by atoms with E-state index in [4.69, 9.17) is 24.7 Å². The van der Waals surface area contributed by atoms with Crippen molar-refractivity contribution >= 4 is 0 Å². The Hall–Kier alpha value is -1.02. The first-order chi connectivity index (χ1) is 10.2. The number of rotatable bonds is 2. The van der Waals surface area contributed by atoms with Gasteiger partial charge in [-0.2, -0.15) is 0 Å². The van der Waals surface area contributed by atoms with Crippen molar-refractivity contribution in [3.63, 3.8) is 0 Å². The van der Waals surface area contributed by atoms with Crippen molar-refractivity contribution in [1.82, 2.24) is 0 Å². The van der Waals surface area contributed by atoms with Crippen LogP contribution in [0, 0.1) is 5.92 Å². The van der Waals surface area contributed by atoms with Gasteiger partial charge in [-0.3, -0.25) is 0 Å². The van der Waals surface area contributed by atoms with Gasteiger partial charge in [-0.15, -0.1) is 0 Å². The van der Waals surface area contributed by atoms with Crippen molar-refractivity contribution < 1.29 is 24.1 Å². The molecule has 1 aromatic carbocycles. The molecular formula is C15H21NO5. The normalized spacial score (nSPS) is 40.3. The predicted molar refractivity (Wildman–Crippen MR) is 74.2 cm³/mol. The van der Waals surface area contributed by atoms with Gasteiger partial charge in [-0.25, -0.2) is 0 Å². The van der Waals surface area contributed by atoms with Gasteiger partial charge in [0.15, 0.2) is 12.6 Å². The van der Waals surface area contributed by atoms with Crippen molar-refractivity contribution in [2.24, 2.45) is 11.7 Å². The number of aliphatic hydroxyl groups excluding tert-OH is 1. The summed E-state index contributed by atoms with van der Waals surface area (Å²) >= 11 is 0. The summed E-state index contributed by atoms with van der Waals surface area (Å²) in [6.07, 6.45) is -2.12. The van der Waals surface area contributed by atoms with E-state index >= 15 is 0 Å². The number of ether oxygens (including phenoxy) is 4. The van der Waals surface area contributed by atoms with Crippen molar-refractivity contribution in [3.05, 3.63) is 35.9 Å². The molecule has 0 spiro atoms. The summed E-state index contributed by atoms with van der Waals surface area (Å²) in [7, 11) is 1.51. The van der Waals surface area contributed by atoms with Crippen LogP contribution in [0.1, 0.15) is 11.9 Å². The lowest BCUT2D eigenvalue weighted by Crippen LogP contribution is -2.60. The first-order valence-corrected chi connectivity index (χ1v) is 7.10. The number of hydrogen-bond acceptors (Lipinski definition) is 6. The van der Waals surface area contributed by atoms with Crippen LogP contribution in [0.25, 0.3) is 0 Å². The van der Waals surface area contributed by atoms with Crippen molar-refractivity contribution in [1.29, 1.82) is 0 Å². The predicted octanol–water partition coefficient (Wildman–Crippen LogP) is 0.408. The van der Waals surface area contributed by atoms with E-state index in [0.29, 0.717) is 13.2 Å². The molecule has 21 heavy (non-hydrogen) atoms. The van der Waals surface area contributed by atoms with Crippen molar-refractivity contribution in [3.8, 4) is 0 Å². The summed E-state index contributed by atoms with van der Waals surface area (Å²) < 4.78 is 22.5. The molecule has 4 unspecified atom stereocenters. The van der Waals surface area contributed by atoms with Gasteiger partial charge >= 0.3 is 0 Å². The summed E-state index contributed by atoms with van der Waals surface area (Å²) in [6, 6.07) is 9.11. The lowest BCUT2D eigenvalue weighted by Gasteiger charge is -2.41. The first kappa shape index (κ1) is 14.9. The highest BCUT2D eigenvalue weighted by Crippen LogP contribution is 2.32. The molecule has 2 saturated heterocycles. The summed E-state index contributed by atoms with van der Waals surface area (Å²) in [5.74, 6) is -0.222. The molecule has 6 heteroatoms. The zero-order chi connectivity index (χ0) is 14.8. The fourth-order valence-electron chi connectivity index (χ4n) is 2.84. The lowest BCUT2D eigenvalue weighted by atomic mass is 9.89. The molecule has 0 amide bonds. The summed E-state index contributed by atoms with van der Waals surface area (Å²) in [6.45, 7) is 0.656. The summed E-state index contributed by atoms with van der Waals surface area (Å²) in [4.78, 5) is 0. The molecule has 3 rings (SSSR count). The van der Waals surface area contributed by atoms with E-state index in [0.717, 1.165) is 5.56 Å². The first-order valence-electron chi connectivity index (χ1n) is 7.10. The van der Waals surface area contributed by atoms with Crippen LogP contribution in [0.15, 0.2) is 30.3 Å². The van der Waals surface area contributed by atoms with Gasteiger partial charge in [0.2, 0.25) is 0 Å². The van der Waals surface area contributed by atoms with E-state index in [-0.39, 0.29) is 12.0 Å². The van der Waals surface area contributed by atoms with Crippen molar-refractivity contribution in [2.75, 3.05) is 20.3 Å². The fourth-order valence-corrected chi connectivity index (χ4v) is 2.84. The van der Waals surface area contributed by atoms with E-state index in [1.807, 2.05) is 30.3 Å². The van der Waals surface area contributed by atoms with Crippen LogP contribution in [0.2, 0.25) is 0 Å². The standard InChI is InChI=1S/C15H21NO5/c1-18-15-12(16)13(17)10-7-19-14(20-8-11(10)21-15)9-5-3-2-4-6-9/h2-6,10-15,17H,7-8,16H2,1H3/t10-,11?,12?,13?,14?,15-/m0/s1. The smallest absolute Gasteiger partial charge is 0.183 e. The topological polar surface area (TPSA) is 83.2 Å². The molecule has 0 saturated carbocycles. The Kier molecular flexibility index (Phi) is 4.54. The average Bonchev–Trinajstić information content (AvgIpc) is 2.74. The van der Waals surface area contributed by atoms with Crippen LogP contribution in [-0.2, 0) is 18.9 Å². The maximum absolute atomic E-state index is 10.3. The molecule has 6 atom stereocenters. The Morgan fingerprint density at radius 1 is 1.19 bits per heavy atom. The maximum Gasteiger partial charge on any atom is 0.183 e. The molecule has 116 valence electrons. The zero-order valence-electron chi connectivity index (χ0n) is 11.9. The van der Waals surface area contributed by atoms with Crippen LogP contribution in [-0.4, -0.2) is 50.0 Å². The number of aliphatic hydroxyl groups is 1. The molecule has 6 nitrogen and oxygen atoms in total. The van der Waals surface area contributed by atoms with Crippen LogP contribution in [0.3, 0.4) is 0 Å². The number of benzene rings is 1. The van der Waals surface area contributed by atoms with Crippen LogP contribution in [0.4, 0.5) is 0 Å². The van der Waals surface area contributed by atoms with Crippen LogP contribution in [0.5, 0.6) is 0 Å². The molecule has 2 fully saturated rings. The minimum Gasteiger partial charge on any atom is -0.391 e. The third-order valence-corrected chi connectivity index (χ3v) is 4.09. The second-order valence-electron chi connectivity index (χ2n) is 5.42. The molecule has 0 bridgehead atoms. The second kappa shape index (κ2) is 6.39. The Morgan fingerprint density at radius 3 is 2.62 bits per heavy atom. The molecule has 0 aromatic heterocycles. The number of methoxy groups -OCH3 is 1. The SMILES string of the molecule is CO[C@H]1OC2COC(c3ccccc3)OC[C@@H]2C(O)C1N. The second-order valence-corrected chi connectivity index (χ2v) is 5.42. The van der Waals surface area contributed by atoms with E-state index in [9.17, 15) is 5.11 Å². The molecule has 0 aliphatic carbocycles. The molecular weight excluding hydrogens is 274 g/mol. The largest absolute Gasteiger partial charge is 0.391 e. The molecule has 2 aliphatic rings. The van der Waals surface area contributed by atoms with Crippen LogP contribution < -0.4 is 5.73 Å². The molecule has 3 N–H and O–H groups in total. The number of nitrogens with two attached hydrogens (primary N) is 1. The minimum atomic E-state index is -0.744. The highest BCUT2D eigenvalue weighted by Gasteiger charge is 2.45. The van der Waals surface area contributed by atoms with E-state index in [2.05, 4.69) is 0 Å². The number of fused-ring (bicyclic) bond motifs is 1. The lowest BCUT2D eigenvalue weighted by molar-refractivity contribution is -0.242. The minimum absolute atomic E-state index is 0.222. The molecule has 0 radical (unpaired) electrons. The summed E-state index contributed by atoms with van der Waals surface area (Å²) in [5, 5.41) is 10.3. The van der Waals surface area contributed by atoms with E-state index in [1.165, 1.54) is 7.11 Å². The quantitative estimate of drug-likeness (QED) is 0.822. The Bertz CT molecular complexity index is 457. The molecule has 2 aliphatic heterocycles. The van der Waals surface area contributed by atoms with Crippen LogP contribution >= 0.6 is 0 Å². The Balaban J connectivity index is 1.73. The summed E-state index contributed by atoms with van der Waals surface area (Å²) in [5.41, 5.74) is 6.88. The third-order valence-electron chi connectivity index (χ3n) is 4.09. The Morgan fingerprint density at radius 2 is 1.90 bits per heavy atom. The van der Waals surface area contributed by atoms with Gasteiger partial charge < -0.3 is 29.8 Å². The van der Waals surface area contributed by atoms with Gasteiger partial charge in [-0.05, 0) is 0 Å².